The van der Waals surface area contributed by atoms with Gasteiger partial charge in [0.15, 0.2) is 5.76 Å². The van der Waals surface area contributed by atoms with Crippen LogP contribution in [0.25, 0.3) is 5.57 Å². The largest absolute Gasteiger partial charge is 0.502 e. The molecule has 8 heteroatoms. The van der Waals surface area contributed by atoms with Crippen LogP contribution in [-0.2, 0) is 19.1 Å². The molecule has 0 unspecified atom stereocenters. The van der Waals surface area contributed by atoms with Crippen LogP contribution in [-0.4, -0.2) is 35.4 Å². The molecule has 0 fully saturated rings. The van der Waals surface area contributed by atoms with Crippen LogP contribution in [0, 0.1) is 0 Å². The highest BCUT2D eigenvalue weighted by molar-refractivity contribution is 6.44. The molecule has 3 amide bonds. The SMILES string of the molecule is CCCOC(=O)c1ccc(N2C(=O)C(O)=C(c3ccc(NC(C)=O)cc3)C2=O)cc1. The molecule has 1 aliphatic rings. The lowest BCUT2D eigenvalue weighted by molar-refractivity contribution is -0.121. The van der Waals surface area contributed by atoms with Crippen molar-refractivity contribution >= 4 is 40.6 Å². The van der Waals surface area contributed by atoms with Gasteiger partial charge in [0.2, 0.25) is 5.91 Å². The maximum absolute atomic E-state index is 12.9. The quantitative estimate of drug-likeness (QED) is 0.561. The van der Waals surface area contributed by atoms with E-state index in [9.17, 15) is 24.3 Å². The van der Waals surface area contributed by atoms with Crippen LogP contribution >= 0.6 is 0 Å². The van der Waals surface area contributed by atoms with E-state index in [4.69, 9.17) is 4.74 Å². The number of anilines is 2. The van der Waals surface area contributed by atoms with Crippen molar-refractivity contribution in [3.05, 3.63) is 65.4 Å². The second-order valence-corrected chi connectivity index (χ2v) is 6.61. The third kappa shape index (κ3) is 4.07. The molecular weight excluding hydrogens is 388 g/mol. The number of hydrogen-bond acceptors (Lipinski definition) is 6. The van der Waals surface area contributed by atoms with Crippen LogP contribution in [0.2, 0.25) is 0 Å². The maximum Gasteiger partial charge on any atom is 0.338 e. The van der Waals surface area contributed by atoms with Crippen LogP contribution in [0.4, 0.5) is 11.4 Å². The van der Waals surface area contributed by atoms with Gasteiger partial charge in [-0.1, -0.05) is 19.1 Å². The van der Waals surface area contributed by atoms with E-state index >= 15 is 0 Å². The first kappa shape index (κ1) is 20.8. The number of carbonyl (C=O) groups is 4. The average Bonchev–Trinajstić information content (AvgIpc) is 2.95. The molecule has 0 aromatic heterocycles. The third-order valence-corrected chi connectivity index (χ3v) is 4.35. The van der Waals surface area contributed by atoms with E-state index < -0.39 is 23.5 Å². The Labute approximate surface area is 172 Å². The van der Waals surface area contributed by atoms with Gasteiger partial charge in [-0.25, -0.2) is 9.69 Å². The Balaban J connectivity index is 1.83. The van der Waals surface area contributed by atoms with Crippen LogP contribution in [0.1, 0.15) is 36.2 Å². The zero-order valence-electron chi connectivity index (χ0n) is 16.5. The Morgan fingerprint density at radius 2 is 1.63 bits per heavy atom. The monoisotopic (exact) mass is 408 g/mol. The van der Waals surface area contributed by atoms with E-state index in [0.29, 0.717) is 24.3 Å². The van der Waals surface area contributed by atoms with Crippen LogP contribution in [0.5, 0.6) is 0 Å². The normalized spacial score (nSPS) is 13.6. The standard InChI is InChI=1S/C22H20N2O6/c1-3-12-30-22(29)15-6-10-17(11-7-15)24-20(27)18(19(26)21(24)28)14-4-8-16(9-5-14)23-13(2)25/h4-11,26H,3,12H2,1-2H3,(H,23,25). The van der Waals surface area contributed by atoms with Crippen LogP contribution < -0.4 is 10.2 Å². The lowest BCUT2D eigenvalue weighted by Gasteiger charge is -2.15. The van der Waals surface area contributed by atoms with Gasteiger partial charge in [0.05, 0.1) is 23.4 Å². The fourth-order valence-corrected chi connectivity index (χ4v) is 2.96. The number of hydrogen-bond donors (Lipinski definition) is 2. The molecule has 3 rings (SSSR count). The van der Waals surface area contributed by atoms with E-state index in [1.165, 1.54) is 43.3 Å². The van der Waals surface area contributed by atoms with Crippen molar-refractivity contribution in [1.29, 1.82) is 0 Å². The Kier molecular flexibility index (Phi) is 5.96. The molecule has 1 aliphatic heterocycles. The number of benzene rings is 2. The highest BCUT2D eigenvalue weighted by atomic mass is 16.5. The summed E-state index contributed by atoms with van der Waals surface area (Å²) in [6.07, 6.45) is 0.695. The molecule has 0 bridgehead atoms. The molecular formula is C22H20N2O6. The Morgan fingerprint density at radius 3 is 2.20 bits per heavy atom. The van der Waals surface area contributed by atoms with E-state index in [1.807, 2.05) is 6.92 Å². The molecule has 0 atom stereocenters. The molecule has 154 valence electrons. The highest BCUT2D eigenvalue weighted by Gasteiger charge is 2.40. The van der Waals surface area contributed by atoms with Gasteiger partial charge in [0.25, 0.3) is 5.91 Å². The summed E-state index contributed by atoms with van der Waals surface area (Å²) in [6.45, 7) is 3.55. The van der Waals surface area contributed by atoms with Crippen molar-refractivity contribution in [2.75, 3.05) is 16.8 Å². The smallest absolute Gasteiger partial charge is 0.338 e. The zero-order chi connectivity index (χ0) is 21.8. The lowest BCUT2D eigenvalue weighted by atomic mass is 10.0. The molecule has 1 heterocycles. The summed E-state index contributed by atoms with van der Waals surface area (Å²) >= 11 is 0. The van der Waals surface area contributed by atoms with Crippen molar-refractivity contribution in [1.82, 2.24) is 0 Å². The first-order valence-corrected chi connectivity index (χ1v) is 9.30. The number of aliphatic hydroxyl groups excluding tert-OH is 1. The molecule has 0 aliphatic carbocycles. The molecule has 30 heavy (non-hydrogen) atoms. The van der Waals surface area contributed by atoms with E-state index in [-0.39, 0.29) is 22.7 Å². The van der Waals surface area contributed by atoms with Gasteiger partial charge in [0, 0.05) is 12.6 Å². The number of nitrogens with one attached hydrogen (secondary N) is 1. The Hall–Kier alpha value is -3.94. The molecule has 2 aromatic carbocycles. The number of esters is 1. The van der Waals surface area contributed by atoms with Crippen molar-refractivity contribution in [3.8, 4) is 0 Å². The Morgan fingerprint density at radius 1 is 1.00 bits per heavy atom. The number of amides is 3. The molecule has 8 nitrogen and oxygen atoms in total. The van der Waals surface area contributed by atoms with Gasteiger partial charge in [-0.2, -0.15) is 0 Å². The van der Waals surface area contributed by atoms with Crippen molar-refractivity contribution < 1.29 is 29.0 Å². The lowest BCUT2D eigenvalue weighted by Crippen LogP contribution is -2.31. The predicted molar refractivity (Wildman–Crippen MR) is 110 cm³/mol. The number of aliphatic hydroxyl groups is 1. The topological polar surface area (TPSA) is 113 Å². The van der Waals surface area contributed by atoms with E-state index in [1.54, 1.807) is 12.1 Å². The average molecular weight is 408 g/mol. The fourth-order valence-electron chi connectivity index (χ4n) is 2.96. The van der Waals surface area contributed by atoms with Crippen molar-refractivity contribution in [2.45, 2.75) is 20.3 Å². The summed E-state index contributed by atoms with van der Waals surface area (Å²) in [5, 5.41) is 12.9. The second kappa shape index (κ2) is 8.60. The van der Waals surface area contributed by atoms with Crippen molar-refractivity contribution in [2.24, 2.45) is 0 Å². The number of rotatable bonds is 6. The predicted octanol–water partition coefficient (Wildman–Crippen LogP) is 3.05. The number of nitrogens with zero attached hydrogens (tertiary/aromatic N) is 1. The van der Waals surface area contributed by atoms with E-state index in [0.717, 1.165) is 4.90 Å². The summed E-state index contributed by atoms with van der Waals surface area (Å²) in [5.74, 6) is -2.96. The third-order valence-electron chi connectivity index (χ3n) is 4.35. The van der Waals surface area contributed by atoms with Gasteiger partial charge >= 0.3 is 11.9 Å². The minimum absolute atomic E-state index is 0.138. The second-order valence-electron chi connectivity index (χ2n) is 6.61. The summed E-state index contributed by atoms with van der Waals surface area (Å²) in [5.41, 5.74) is 1.22. The van der Waals surface area contributed by atoms with E-state index in [2.05, 4.69) is 5.32 Å². The first-order chi connectivity index (χ1) is 14.3. The summed E-state index contributed by atoms with van der Waals surface area (Å²) in [4.78, 5) is 49.3. The first-order valence-electron chi connectivity index (χ1n) is 9.30. The fraction of sp³-hybridized carbons (Fsp3) is 0.182. The van der Waals surface area contributed by atoms with Gasteiger partial charge in [0.1, 0.15) is 0 Å². The minimum Gasteiger partial charge on any atom is -0.502 e. The van der Waals surface area contributed by atoms with Crippen LogP contribution in [0.3, 0.4) is 0 Å². The van der Waals surface area contributed by atoms with Crippen molar-refractivity contribution in [3.63, 3.8) is 0 Å². The number of imide groups is 1. The Bertz CT molecular complexity index is 1040. The molecule has 0 spiro atoms. The molecule has 0 saturated heterocycles. The van der Waals surface area contributed by atoms with Gasteiger partial charge < -0.3 is 15.2 Å². The maximum atomic E-state index is 12.9. The number of carbonyl (C=O) groups excluding carboxylic acids is 4. The van der Waals surface area contributed by atoms with Crippen LogP contribution in [0.15, 0.2) is 54.3 Å². The molecule has 2 aromatic rings. The minimum atomic E-state index is -0.859. The summed E-state index contributed by atoms with van der Waals surface area (Å²) in [7, 11) is 0. The highest BCUT2D eigenvalue weighted by Crippen LogP contribution is 2.32. The van der Waals surface area contributed by atoms with Gasteiger partial charge in [-0.3, -0.25) is 14.4 Å². The summed E-state index contributed by atoms with van der Waals surface area (Å²) in [6, 6.07) is 12.0. The number of ether oxygens (including phenoxy) is 1. The molecule has 0 saturated carbocycles. The summed E-state index contributed by atoms with van der Waals surface area (Å²) < 4.78 is 5.05. The molecule has 0 radical (unpaired) electrons. The van der Waals surface area contributed by atoms with Gasteiger partial charge in [-0.15, -0.1) is 0 Å². The van der Waals surface area contributed by atoms with Gasteiger partial charge in [-0.05, 0) is 48.4 Å². The molecule has 2 N–H and O–H groups in total. The zero-order valence-corrected chi connectivity index (χ0v) is 16.5.